The zero-order chi connectivity index (χ0) is 38.8. The van der Waals surface area contributed by atoms with Crippen LogP contribution in [0.5, 0.6) is 0 Å². The van der Waals surface area contributed by atoms with Crippen molar-refractivity contribution in [2.24, 2.45) is 28.7 Å². The van der Waals surface area contributed by atoms with Crippen molar-refractivity contribution in [3.8, 4) is 0 Å². The molecule has 0 spiro atoms. The van der Waals surface area contributed by atoms with Crippen molar-refractivity contribution in [1.82, 2.24) is 25.0 Å². The van der Waals surface area contributed by atoms with E-state index in [1.165, 1.54) is 18.3 Å². The third kappa shape index (κ3) is 14.6. The van der Waals surface area contributed by atoms with Crippen LogP contribution in [0.15, 0.2) is 60.8 Å². The van der Waals surface area contributed by atoms with Crippen LogP contribution in [-0.2, 0) is 27.0 Å². The Kier molecular flexibility index (Phi) is 18.0. The summed E-state index contributed by atoms with van der Waals surface area (Å²) in [4.78, 5) is 50.7. The van der Waals surface area contributed by atoms with Gasteiger partial charge in [0.25, 0.3) is 0 Å². The average Bonchev–Trinajstić information content (AvgIpc) is 3.13. The number of rotatable bonds is 23. The summed E-state index contributed by atoms with van der Waals surface area (Å²) in [5.41, 5.74) is 29.9. The van der Waals surface area contributed by atoms with Gasteiger partial charge in [-0.2, -0.15) is 13.2 Å². The van der Waals surface area contributed by atoms with Gasteiger partial charge in [-0.3, -0.25) is 29.2 Å². The molecule has 17 heteroatoms. The van der Waals surface area contributed by atoms with Crippen LogP contribution in [-0.4, -0.2) is 128 Å². The number of para-hydroxylation sites is 1. The zero-order valence-electron chi connectivity index (χ0n) is 30.1. The third-order valence-electron chi connectivity index (χ3n) is 8.72. The smallest absolute Gasteiger partial charge is 0.343 e. The largest absolute Gasteiger partial charge is 0.416 e. The van der Waals surface area contributed by atoms with Crippen LogP contribution in [0.4, 0.5) is 18.9 Å². The predicted octanol–water partition coefficient (Wildman–Crippen LogP) is 0.294. The van der Waals surface area contributed by atoms with Crippen LogP contribution in [0.2, 0.25) is 0 Å². The second-order valence-electron chi connectivity index (χ2n) is 12.7. The van der Waals surface area contributed by atoms with E-state index < -0.39 is 35.6 Å². The predicted molar refractivity (Wildman–Crippen MR) is 200 cm³/mol. The molecule has 12 N–H and O–H groups in total. The normalized spacial score (nSPS) is 12.9. The van der Waals surface area contributed by atoms with Gasteiger partial charge < -0.3 is 44.2 Å². The van der Waals surface area contributed by atoms with E-state index in [1.807, 2.05) is 24.3 Å². The number of benzene rings is 2. The lowest BCUT2D eigenvalue weighted by Gasteiger charge is -2.30. The molecule has 2 atom stereocenters. The molecular weight excluding hydrogens is 691 g/mol. The summed E-state index contributed by atoms with van der Waals surface area (Å²) < 4.78 is 39.6. The van der Waals surface area contributed by atoms with E-state index in [1.54, 1.807) is 11.0 Å². The highest BCUT2D eigenvalue weighted by molar-refractivity contribution is 5.99. The van der Waals surface area contributed by atoms with E-state index in [0.717, 1.165) is 17.5 Å². The number of pyridine rings is 1. The molecule has 3 amide bonds. The summed E-state index contributed by atoms with van der Waals surface area (Å²) in [5, 5.41) is 6.17. The summed E-state index contributed by atoms with van der Waals surface area (Å²) in [5.74, 6) is -1.53. The Morgan fingerprint density at radius 3 is 1.87 bits per heavy atom. The van der Waals surface area contributed by atoms with E-state index in [4.69, 9.17) is 28.7 Å². The second kappa shape index (κ2) is 22.1. The van der Waals surface area contributed by atoms with Gasteiger partial charge >= 0.3 is 6.18 Å². The average molecular weight is 746 g/mol. The van der Waals surface area contributed by atoms with Crippen molar-refractivity contribution >= 4 is 34.3 Å². The van der Waals surface area contributed by atoms with Gasteiger partial charge in [0.1, 0.15) is 6.04 Å². The van der Waals surface area contributed by atoms with Gasteiger partial charge in [0.05, 0.1) is 29.0 Å². The molecule has 1 aromatic heterocycles. The van der Waals surface area contributed by atoms with Crippen LogP contribution < -0.4 is 39.3 Å². The van der Waals surface area contributed by atoms with Crippen LogP contribution in [0.25, 0.3) is 10.9 Å². The van der Waals surface area contributed by atoms with E-state index in [9.17, 15) is 27.6 Å². The van der Waals surface area contributed by atoms with Crippen LogP contribution in [0, 0.1) is 0 Å². The Morgan fingerprint density at radius 2 is 1.32 bits per heavy atom. The number of anilines is 1. The molecule has 0 saturated heterocycles. The first-order valence-electron chi connectivity index (χ1n) is 17.8. The fourth-order valence-corrected chi connectivity index (χ4v) is 5.78. The summed E-state index contributed by atoms with van der Waals surface area (Å²) in [6, 6.07) is 11.0. The summed E-state index contributed by atoms with van der Waals surface area (Å²) in [6.07, 6.45) is -3.25. The van der Waals surface area contributed by atoms with Gasteiger partial charge in [0, 0.05) is 96.8 Å². The molecule has 292 valence electrons. The molecule has 0 fully saturated rings. The number of nitrogens with one attached hydrogen (secondary N) is 2. The van der Waals surface area contributed by atoms with Gasteiger partial charge in [-0.05, 0) is 36.2 Å². The molecule has 3 rings (SSSR count). The van der Waals surface area contributed by atoms with E-state index in [0.29, 0.717) is 95.3 Å². The number of nitrogens with zero attached hydrogens (tertiary/aromatic N) is 4. The molecule has 1 heterocycles. The first kappa shape index (κ1) is 43.2. The molecule has 53 heavy (non-hydrogen) atoms. The Bertz CT molecular complexity index is 1550. The van der Waals surface area contributed by atoms with Gasteiger partial charge in [-0.25, -0.2) is 0 Å². The molecule has 0 aliphatic rings. The van der Waals surface area contributed by atoms with Gasteiger partial charge in [-0.15, -0.1) is 0 Å². The molecule has 14 nitrogen and oxygen atoms in total. The number of hydrogen-bond acceptors (Lipinski definition) is 11. The van der Waals surface area contributed by atoms with Gasteiger partial charge in [0.2, 0.25) is 17.7 Å². The number of carbonyl (C=O) groups excluding carboxylic acids is 3. The minimum absolute atomic E-state index is 0.0188. The fourth-order valence-electron chi connectivity index (χ4n) is 5.78. The number of nitrogens with two attached hydrogens (primary N) is 5. The molecule has 0 radical (unpaired) electrons. The van der Waals surface area contributed by atoms with Crippen LogP contribution in [0.1, 0.15) is 24.0 Å². The van der Waals surface area contributed by atoms with Crippen LogP contribution >= 0.6 is 0 Å². The van der Waals surface area contributed by atoms with Gasteiger partial charge in [0.15, 0.2) is 0 Å². The number of fused-ring (bicyclic) bond motifs is 1. The van der Waals surface area contributed by atoms with E-state index in [2.05, 4.69) is 25.4 Å². The Morgan fingerprint density at radius 1 is 0.755 bits per heavy atom. The lowest BCUT2D eigenvalue weighted by molar-refractivity contribution is -0.137. The highest BCUT2D eigenvalue weighted by Crippen LogP contribution is 2.29. The maximum absolute atomic E-state index is 13.6. The zero-order valence-corrected chi connectivity index (χ0v) is 30.1. The lowest BCUT2D eigenvalue weighted by Crippen LogP contribution is -2.51. The molecule has 0 bridgehead atoms. The molecule has 0 aliphatic heterocycles. The molecular formula is C36H54F3N11O3. The van der Waals surface area contributed by atoms with Crippen molar-refractivity contribution in [3.63, 3.8) is 0 Å². The van der Waals surface area contributed by atoms with Crippen LogP contribution in [0.3, 0.4) is 0 Å². The minimum atomic E-state index is -4.53. The number of alkyl halides is 3. The fraction of sp³-hybridized carbons (Fsp3) is 0.500. The highest BCUT2D eigenvalue weighted by Gasteiger charge is 2.31. The third-order valence-corrected chi connectivity index (χ3v) is 8.72. The monoisotopic (exact) mass is 745 g/mol. The first-order valence-corrected chi connectivity index (χ1v) is 17.8. The standard InChI is InChI=1S/C36H54F3N11O3/c37-36(38,39)28-7-5-26(6-8-28)23-32(35(53)46-29-24-27-3-1-2-4-31(27)45-25-29)47-34(52)30(44)9-10-33(51)50(21-19-48(15-11-40)16-12-41)22-20-49(17-13-42)18-14-43/h1-8,24-25,30,32H,9-23,40-44H2,(H,46,53)(H,47,52)/t30-,32-/m0/s1. The Hall–Kier alpha value is -4.23. The topological polar surface area (TPSA) is 228 Å². The molecule has 3 aromatic rings. The van der Waals surface area contributed by atoms with Gasteiger partial charge in [-0.1, -0.05) is 30.3 Å². The Balaban J connectivity index is 1.72. The number of amides is 3. The highest BCUT2D eigenvalue weighted by atomic mass is 19.4. The van der Waals surface area contributed by atoms with Crippen molar-refractivity contribution < 1.29 is 27.6 Å². The molecule has 0 unspecified atom stereocenters. The summed E-state index contributed by atoms with van der Waals surface area (Å²) in [7, 11) is 0. The Labute approximate surface area is 308 Å². The van der Waals surface area contributed by atoms with Crippen molar-refractivity contribution in [1.29, 1.82) is 0 Å². The lowest BCUT2D eigenvalue weighted by atomic mass is 10.0. The van der Waals surface area contributed by atoms with Crippen molar-refractivity contribution in [3.05, 3.63) is 71.9 Å². The van der Waals surface area contributed by atoms with Crippen molar-refractivity contribution in [2.45, 2.75) is 37.5 Å². The number of aromatic nitrogens is 1. The van der Waals surface area contributed by atoms with E-state index in [-0.39, 0.29) is 25.2 Å². The SMILES string of the molecule is NCCN(CCN)CCN(CCN(CCN)CCN)C(=O)CC[C@H](N)C(=O)N[C@@H](Cc1ccc(C(F)(F)F)cc1)C(=O)Nc1cnc2ccccc2c1. The number of halogens is 3. The molecule has 2 aromatic carbocycles. The maximum atomic E-state index is 13.6. The first-order chi connectivity index (χ1) is 25.4. The number of hydrogen-bond donors (Lipinski definition) is 7. The second-order valence-corrected chi connectivity index (χ2v) is 12.7. The molecule has 0 aliphatic carbocycles. The summed E-state index contributed by atoms with van der Waals surface area (Å²) >= 11 is 0. The van der Waals surface area contributed by atoms with E-state index >= 15 is 0 Å². The summed E-state index contributed by atoms with van der Waals surface area (Å²) in [6.45, 7) is 6.14. The molecule has 0 saturated carbocycles. The maximum Gasteiger partial charge on any atom is 0.416 e. The number of carbonyl (C=O) groups is 3. The quantitative estimate of drug-likeness (QED) is 0.0698. The van der Waals surface area contributed by atoms with Crippen molar-refractivity contribution in [2.75, 3.05) is 83.9 Å². The minimum Gasteiger partial charge on any atom is -0.343 e.